The van der Waals surface area contributed by atoms with Crippen LogP contribution in [0, 0.1) is 5.82 Å². The Hall–Kier alpha value is -2.95. The third kappa shape index (κ3) is 5.02. The van der Waals surface area contributed by atoms with Crippen molar-refractivity contribution in [1.82, 2.24) is 14.1 Å². The summed E-state index contributed by atoms with van der Waals surface area (Å²) in [5.74, 6) is -1.18. The number of aryl methyl sites for hydroxylation is 1. The van der Waals surface area contributed by atoms with Gasteiger partial charge in [-0.15, -0.1) is 0 Å². The van der Waals surface area contributed by atoms with Crippen molar-refractivity contribution >= 4 is 38.9 Å². The first kappa shape index (κ1) is 23.2. The molecule has 1 aliphatic heterocycles. The van der Waals surface area contributed by atoms with Crippen molar-refractivity contribution in [2.45, 2.75) is 18.5 Å². The van der Waals surface area contributed by atoms with Crippen molar-refractivity contribution < 1.29 is 17.6 Å². The summed E-state index contributed by atoms with van der Waals surface area (Å²) in [5, 5.41) is 7.04. The van der Waals surface area contributed by atoms with Crippen LogP contribution in [-0.4, -0.2) is 54.6 Å². The Balaban J connectivity index is 1.54. The number of nitrogens with one attached hydrogen (secondary N) is 1. The van der Waals surface area contributed by atoms with E-state index in [0.717, 1.165) is 11.8 Å². The predicted octanol–water partition coefficient (Wildman–Crippen LogP) is 3.46. The zero-order valence-corrected chi connectivity index (χ0v) is 19.5. The molecule has 1 saturated heterocycles. The summed E-state index contributed by atoms with van der Waals surface area (Å²) in [6.07, 6.45) is 1.39. The minimum atomic E-state index is -4.02. The molecular formula is C22H23ClFN5O3S. The van der Waals surface area contributed by atoms with Crippen molar-refractivity contribution in [2.75, 3.05) is 36.4 Å². The zero-order valence-electron chi connectivity index (χ0n) is 17.9. The fourth-order valence-corrected chi connectivity index (χ4v) is 5.28. The fraction of sp³-hybridized carbons (Fsp3) is 0.273. The van der Waals surface area contributed by atoms with E-state index in [1.807, 2.05) is 12.1 Å². The van der Waals surface area contributed by atoms with Gasteiger partial charge in [-0.1, -0.05) is 17.7 Å². The summed E-state index contributed by atoms with van der Waals surface area (Å²) in [6.45, 7) is 3.65. The maximum atomic E-state index is 13.5. The van der Waals surface area contributed by atoms with E-state index in [1.165, 1.54) is 33.4 Å². The third-order valence-corrected chi connectivity index (χ3v) is 7.48. The SMILES string of the molecule is CCn1cc(C(=O)Nc2cccc(F)c2)c(S(=O)(=O)N2CCN(c3ccc(Cl)cc3)CC2)n1. The quantitative estimate of drug-likeness (QED) is 0.570. The molecule has 1 amide bonds. The highest BCUT2D eigenvalue weighted by atomic mass is 35.5. The van der Waals surface area contributed by atoms with E-state index in [9.17, 15) is 17.6 Å². The maximum Gasteiger partial charge on any atom is 0.263 e. The van der Waals surface area contributed by atoms with E-state index >= 15 is 0 Å². The van der Waals surface area contributed by atoms with Crippen molar-refractivity contribution in [3.63, 3.8) is 0 Å². The van der Waals surface area contributed by atoms with E-state index in [1.54, 1.807) is 19.1 Å². The van der Waals surface area contributed by atoms with Crippen molar-refractivity contribution in [1.29, 1.82) is 0 Å². The van der Waals surface area contributed by atoms with Crippen LogP contribution in [0.4, 0.5) is 15.8 Å². The van der Waals surface area contributed by atoms with Gasteiger partial charge in [0.15, 0.2) is 0 Å². The first-order chi connectivity index (χ1) is 15.8. The third-order valence-electron chi connectivity index (χ3n) is 5.39. The highest BCUT2D eigenvalue weighted by Crippen LogP contribution is 2.24. The maximum absolute atomic E-state index is 13.5. The lowest BCUT2D eigenvalue weighted by Crippen LogP contribution is -2.49. The highest BCUT2D eigenvalue weighted by Gasteiger charge is 2.34. The summed E-state index contributed by atoms with van der Waals surface area (Å²) < 4.78 is 43.0. The van der Waals surface area contributed by atoms with E-state index < -0.39 is 21.7 Å². The monoisotopic (exact) mass is 491 g/mol. The van der Waals surface area contributed by atoms with E-state index in [2.05, 4.69) is 15.3 Å². The number of hydrogen-bond donors (Lipinski definition) is 1. The van der Waals surface area contributed by atoms with Gasteiger partial charge in [0.1, 0.15) is 5.82 Å². The van der Waals surface area contributed by atoms with Gasteiger partial charge >= 0.3 is 0 Å². The molecule has 3 aromatic rings. The average molecular weight is 492 g/mol. The van der Waals surface area contributed by atoms with Crippen LogP contribution in [0.25, 0.3) is 0 Å². The Bertz CT molecular complexity index is 1260. The topological polar surface area (TPSA) is 87.5 Å². The summed E-state index contributed by atoms with van der Waals surface area (Å²) in [4.78, 5) is 15.0. The lowest BCUT2D eigenvalue weighted by atomic mass is 10.2. The first-order valence-corrected chi connectivity index (χ1v) is 12.2. The number of anilines is 2. The number of carbonyl (C=O) groups is 1. The van der Waals surface area contributed by atoms with Crippen LogP contribution < -0.4 is 10.2 Å². The molecular weight excluding hydrogens is 469 g/mol. The van der Waals surface area contributed by atoms with Gasteiger partial charge in [-0.25, -0.2) is 12.8 Å². The largest absolute Gasteiger partial charge is 0.369 e. The molecule has 0 aliphatic carbocycles. The average Bonchev–Trinajstić information content (AvgIpc) is 3.26. The molecule has 0 spiro atoms. The van der Waals surface area contributed by atoms with Gasteiger partial charge in [-0.05, 0) is 49.4 Å². The minimum Gasteiger partial charge on any atom is -0.369 e. The molecule has 2 aromatic carbocycles. The molecule has 1 N–H and O–H groups in total. The molecule has 0 saturated carbocycles. The number of nitrogens with zero attached hydrogens (tertiary/aromatic N) is 4. The second-order valence-corrected chi connectivity index (χ2v) is 9.83. The van der Waals surface area contributed by atoms with Crippen LogP contribution in [0.15, 0.2) is 59.8 Å². The Morgan fingerprint density at radius 2 is 1.82 bits per heavy atom. The summed E-state index contributed by atoms with van der Waals surface area (Å²) in [6, 6.07) is 12.8. The van der Waals surface area contributed by atoms with E-state index in [-0.39, 0.29) is 29.4 Å². The standard InChI is InChI=1S/C22H23ClFN5O3S/c1-2-28-15-20(21(30)25-18-5-3-4-17(24)14-18)22(26-28)33(31,32)29-12-10-27(11-13-29)19-8-6-16(23)7-9-19/h3-9,14-15H,2,10-13H2,1H3,(H,25,30). The zero-order chi connectivity index (χ0) is 23.6. The first-order valence-electron chi connectivity index (χ1n) is 10.4. The number of amides is 1. The van der Waals surface area contributed by atoms with Crippen molar-refractivity contribution in [2.24, 2.45) is 0 Å². The Kier molecular flexibility index (Phi) is 6.68. The molecule has 1 fully saturated rings. The van der Waals surface area contributed by atoms with Crippen molar-refractivity contribution in [3.8, 4) is 0 Å². The summed E-state index contributed by atoms with van der Waals surface area (Å²) >= 11 is 5.95. The second kappa shape index (κ2) is 9.50. The molecule has 1 aromatic heterocycles. The highest BCUT2D eigenvalue weighted by molar-refractivity contribution is 7.89. The van der Waals surface area contributed by atoms with E-state index in [0.29, 0.717) is 24.7 Å². The predicted molar refractivity (Wildman–Crippen MR) is 125 cm³/mol. The number of sulfonamides is 1. The lowest BCUT2D eigenvalue weighted by molar-refractivity contribution is 0.102. The molecule has 11 heteroatoms. The lowest BCUT2D eigenvalue weighted by Gasteiger charge is -2.35. The van der Waals surface area contributed by atoms with Crippen LogP contribution in [0.2, 0.25) is 5.02 Å². The van der Waals surface area contributed by atoms with Crippen molar-refractivity contribution in [3.05, 3.63) is 71.1 Å². The Morgan fingerprint density at radius 1 is 1.12 bits per heavy atom. The molecule has 174 valence electrons. The van der Waals surface area contributed by atoms with Gasteiger partial charge < -0.3 is 10.2 Å². The second-order valence-electron chi connectivity index (χ2n) is 7.54. The van der Waals surface area contributed by atoms with Gasteiger partial charge in [-0.2, -0.15) is 9.40 Å². The van der Waals surface area contributed by atoms with Gasteiger partial charge in [0.05, 0.1) is 5.56 Å². The number of halogens is 2. The molecule has 33 heavy (non-hydrogen) atoms. The number of aromatic nitrogens is 2. The van der Waals surface area contributed by atoms with Gasteiger partial charge in [0, 0.05) is 55.3 Å². The molecule has 2 heterocycles. The molecule has 8 nitrogen and oxygen atoms in total. The van der Waals surface area contributed by atoms with Crippen LogP contribution in [0.3, 0.4) is 0 Å². The number of benzene rings is 2. The van der Waals surface area contributed by atoms with E-state index in [4.69, 9.17) is 11.6 Å². The summed E-state index contributed by atoms with van der Waals surface area (Å²) in [5.41, 5.74) is 1.10. The van der Waals surface area contributed by atoms with Crippen LogP contribution in [0.1, 0.15) is 17.3 Å². The smallest absolute Gasteiger partial charge is 0.263 e. The summed E-state index contributed by atoms with van der Waals surface area (Å²) in [7, 11) is -4.02. The Labute approximate surface area is 196 Å². The van der Waals surface area contributed by atoms with Gasteiger partial charge in [0.25, 0.3) is 15.9 Å². The van der Waals surface area contributed by atoms with Crippen LogP contribution in [-0.2, 0) is 16.6 Å². The Morgan fingerprint density at radius 3 is 2.45 bits per heavy atom. The van der Waals surface area contributed by atoms with Crippen LogP contribution >= 0.6 is 11.6 Å². The molecule has 0 bridgehead atoms. The molecule has 0 unspecified atom stereocenters. The van der Waals surface area contributed by atoms with Crippen LogP contribution in [0.5, 0.6) is 0 Å². The molecule has 0 radical (unpaired) electrons. The van der Waals surface area contributed by atoms with Gasteiger partial charge in [-0.3, -0.25) is 9.48 Å². The fourth-order valence-electron chi connectivity index (χ4n) is 3.64. The number of hydrogen-bond acceptors (Lipinski definition) is 5. The molecule has 1 aliphatic rings. The molecule has 4 rings (SSSR count). The molecule has 0 atom stereocenters. The number of carbonyl (C=O) groups excluding carboxylic acids is 1. The minimum absolute atomic E-state index is 0.0822. The number of rotatable bonds is 6. The normalized spacial score (nSPS) is 14.9. The number of piperazine rings is 1. The van der Waals surface area contributed by atoms with Gasteiger partial charge in [0.2, 0.25) is 5.03 Å².